The van der Waals surface area contributed by atoms with Gasteiger partial charge >= 0.3 is 0 Å². The van der Waals surface area contributed by atoms with Crippen LogP contribution in [0.15, 0.2) is 27.2 Å². The molecule has 0 aliphatic rings. The molecule has 84 valence electrons. The molecule has 7 heteroatoms. The molecule has 2 heterocycles. The van der Waals surface area contributed by atoms with Gasteiger partial charge in [-0.3, -0.25) is 0 Å². The van der Waals surface area contributed by atoms with Crippen LogP contribution in [0.5, 0.6) is 0 Å². The van der Waals surface area contributed by atoms with Gasteiger partial charge in [0, 0.05) is 31.1 Å². The summed E-state index contributed by atoms with van der Waals surface area (Å²) in [4.78, 5) is 8.34. The van der Waals surface area contributed by atoms with Crippen LogP contribution < -0.4 is 5.73 Å². The molecule has 0 saturated carbocycles. The van der Waals surface area contributed by atoms with Crippen LogP contribution in [-0.2, 0) is 6.42 Å². The lowest BCUT2D eigenvalue weighted by molar-refractivity contribution is 0.429. The van der Waals surface area contributed by atoms with Crippen LogP contribution in [0, 0.1) is 6.92 Å². The van der Waals surface area contributed by atoms with Gasteiger partial charge in [0.25, 0.3) is 5.22 Å². The van der Waals surface area contributed by atoms with E-state index in [1.807, 2.05) is 0 Å². The maximum atomic E-state index is 5.43. The van der Waals surface area contributed by atoms with E-state index in [-0.39, 0.29) is 0 Å². The number of hydrogen-bond acceptors (Lipinski definition) is 7. The molecule has 0 fully saturated rings. The van der Waals surface area contributed by atoms with Crippen molar-refractivity contribution in [3.63, 3.8) is 0 Å². The van der Waals surface area contributed by atoms with E-state index in [4.69, 9.17) is 10.2 Å². The summed E-state index contributed by atoms with van der Waals surface area (Å²) >= 11 is 1.24. The van der Waals surface area contributed by atoms with Gasteiger partial charge in [0.1, 0.15) is 0 Å². The lowest BCUT2D eigenvalue weighted by Crippen LogP contribution is -2.03. The van der Waals surface area contributed by atoms with Crippen molar-refractivity contribution in [2.24, 2.45) is 5.73 Å². The zero-order chi connectivity index (χ0) is 11.4. The minimum Gasteiger partial charge on any atom is -0.416 e. The zero-order valence-corrected chi connectivity index (χ0v) is 9.57. The molecule has 0 atom stereocenters. The van der Waals surface area contributed by atoms with Gasteiger partial charge in [-0.15, -0.1) is 10.2 Å². The van der Waals surface area contributed by atoms with Crippen molar-refractivity contribution in [1.29, 1.82) is 0 Å². The summed E-state index contributed by atoms with van der Waals surface area (Å²) in [6.07, 6.45) is 4.29. The third kappa shape index (κ3) is 2.77. The highest BCUT2D eigenvalue weighted by molar-refractivity contribution is 7.98. The fourth-order valence-corrected chi connectivity index (χ4v) is 1.70. The molecule has 2 rings (SSSR count). The smallest absolute Gasteiger partial charge is 0.284 e. The summed E-state index contributed by atoms with van der Waals surface area (Å²) in [5.74, 6) is 0.530. The fraction of sp³-hybridized carbons (Fsp3) is 0.333. The molecule has 0 amide bonds. The molecular formula is C9H11N5OS. The summed E-state index contributed by atoms with van der Waals surface area (Å²) in [5.41, 5.74) is 6.45. The Labute approximate surface area is 96.7 Å². The highest BCUT2D eigenvalue weighted by atomic mass is 32.2. The van der Waals surface area contributed by atoms with Crippen molar-refractivity contribution >= 4 is 11.8 Å². The Hall–Kier alpha value is -1.47. The average molecular weight is 237 g/mol. The number of hydrogen-bond donors (Lipinski definition) is 1. The van der Waals surface area contributed by atoms with Gasteiger partial charge in [-0.2, -0.15) is 0 Å². The van der Waals surface area contributed by atoms with Crippen LogP contribution in [-0.4, -0.2) is 26.7 Å². The van der Waals surface area contributed by atoms with Gasteiger partial charge < -0.3 is 10.2 Å². The summed E-state index contributed by atoms with van der Waals surface area (Å²) in [5, 5.41) is 8.60. The van der Waals surface area contributed by atoms with E-state index in [0.29, 0.717) is 22.8 Å². The minimum atomic E-state index is 0.448. The van der Waals surface area contributed by atoms with E-state index >= 15 is 0 Å². The van der Waals surface area contributed by atoms with Gasteiger partial charge in [0.15, 0.2) is 5.16 Å². The monoisotopic (exact) mass is 237 g/mol. The first kappa shape index (κ1) is 11.0. The molecule has 0 spiro atoms. The van der Waals surface area contributed by atoms with Crippen molar-refractivity contribution in [1.82, 2.24) is 20.2 Å². The largest absolute Gasteiger partial charge is 0.416 e. The second-order valence-corrected chi connectivity index (χ2v) is 4.02. The SMILES string of the molecule is Cc1nnc(Sc2ncc(CCN)cn2)o1. The highest BCUT2D eigenvalue weighted by Gasteiger charge is 2.06. The number of aryl methyl sites for hydroxylation is 1. The van der Waals surface area contributed by atoms with E-state index in [1.54, 1.807) is 19.3 Å². The second-order valence-electron chi connectivity index (χ2n) is 3.10. The highest BCUT2D eigenvalue weighted by Crippen LogP contribution is 2.22. The van der Waals surface area contributed by atoms with Crippen molar-refractivity contribution in [2.45, 2.75) is 23.7 Å². The first-order valence-corrected chi connectivity index (χ1v) is 5.58. The lowest BCUT2D eigenvalue weighted by atomic mass is 10.2. The second kappa shape index (κ2) is 5.04. The standard InChI is InChI=1S/C9H11N5OS/c1-6-13-14-9(15-6)16-8-11-4-7(2-3-10)5-12-8/h4-5H,2-3,10H2,1H3. The number of nitrogens with zero attached hydrogens (tertiary/aromatic N) is 4. The predicted molar refractivity (Wildman–Crippen MR) is 57.9 cm³/mol. The van der Waals surface area contributed by atoms with Gasteiger partial charge in [-0.1, -0.05) is 0 Å². The summed E-state index contributed by atoms with van der Waals surface area (Å²) in [7, 11) is 0. The molecule has 2 N–H and O–H groups in total. The van der Waals surface area contributed by atoms with Crippen molar-refractivity contribution in [3.05, 3.63) is 23.8 Å². The Kier molecular flexibility index (Phi) is 3.47. The maximum Gasteiger partial charge on any atom is 0.284 e. The number of aromatic nitrogens is 4. The Morgan fingerprint density at radius 3 is 2.62 bits per heavy atom. The van der Waals surface area contributed by atoms with Gasteiger partial charge in [-0.05, 0) is 18.5 Å². The van der Waals surface area contributed by atoms with Crippen LogP contribution in [0.25, 0.3) is 0 Å². The normalized spacial score (nSPS) is 10.6. The first-order valence-electron chi connectivity index (χ1n) is 4.77. The third-order valence-electron chi connectivity index (χ3n) is 1.80. The van der Waals surface area contributed by atoms with Crippen molar-refractivity contribution in [3.8, 4) is 0 Å². The fourth-order valence-electron chi connectivity index (χ4n) is 1.09. The first-order chi connectivity index (χ1) is 7.78. The molecule has 0 aliphatic heterocycles. The maximum absolute atomic E-state index is 5.43. The Morgan fingerprint density at radius 1 is 1.31 bits per heavy atom. The molecule has 2 aromatic heterocycles. The van der Waals surface area contributed by atoms with Crippen molar-refractivity contribution < 1.29 is 4.42 Å². The Morgan fingerprint density at radius 2 is 2.06 bits per heavy atom. The minimum absolute atomic E-state index is 0.448. The van der Waals surface area contributed by atoms with E-state index < -0.39 is 0 Å². The van der Waals surface area contributed by atoms with Crippen LogP contribution in [0.2, 0.25) is 0 Å². The number of rotatable bonds is 4. The molecule has 0 radical (unpaired) electrons. The molecule has 0 aromatic carbocycles. The predicted octanol–water partition coefficient (Wildman–Crippen LogP) is 0.820. The summed E-state index contributed by atoms with van der Waals surface area (Å²) in [6, 6.07) is 0. The van der Waals surface area contributed by atoms with Gasteiger partial charge in [-0.25, -0.2) is 9.97 Å². The summed E-state index contributed by atoms with van der Waals surface area (Å²) in [6.45, 7) is 2.33. The van der Waals surface area contributed by atoms with Gasteiger partial charge in [0.2, 0.25) is 5.89 Å². The van der Waals surface area contributed by atoms with Gasteiger partial charge in [0.05, 0.1) is 0 Å². The summed E-state index contributed by atoms with van der Waals surface area (Å²) < 4.78 is 5.21. The van der Waals surface area contributed by atoms with E-state index in [0.717, 1.165) is 12.0 Å². The lowest BCUT2D eigenvalue weighted by Gasteiger charge is -1.98. The topological polar surface area (TPSA) is 90.7 Å². The van der Waals surface area contributed by atoms with E-state index in [2.05, 4.69) is 20.2 Å². The molecule has 2 aromatic rings. The third-order valence-corrected chi connectivity index (χ3v) is 2.53. The zero-order valence-electron chi connectivity index (χ0n) is 8.75. The molecule has 0 bridgehead atoms. The van der Waals surface area contributed by atoms with Crippen LogP contribution in [0.3, 0.4) is 0 Å². The van der Waals surface area contributed by atoms with E-state index in [9.17, 15) is 0 Å². The molecule has 0 unspecified atom stereocenters. The van der Waals surface area contributed by atoms with Crippen LogP contribution >= 0.6 is 11.8 Å². The van der Waals surface area contributed by atoms with E-state index in [1.165, 1.54) is 11.8 Å². The van der Waals surface area contributed by atoms with Crippen LogP contribution in [0.4, 0.5) is 0 Å². The molecular weight excluding hydrogens is 226 g/mol. The Balaban J connectivity index is 2.05. The molecule has 0 aliphatic carbocycles. The van der Waals surface area contributed by atoms with Crippen molar-refractivity contribution in [2.75, 3.05) is 6.54 Å². The average Bonchev–Trinajstić information content (AvgIpc) is 2.67. The number of nitrogens with two attached hydrogens (primary N) is 1. The quantitative estimate of drug-likeness (QED) is 0.787. The Bertz CT molecular complexity index is 455. The molecule has 6 nitrogen and oxygen atoms in total. The molecule has 0 saturated heterocycles. The van der Waals surface area contributed by atoms with Crippen LogP contribution in [0.1, 0.15) is 11.5 Å². The molecule has 16 heavy (non-hydrogen) atoms.